The fourth-order valence-electron chi connectivity index (χ4n) is 2.24. The molecule has 2 aliphatic rings. The van der Waals surface area contributed by atoms with E-state index in [0.29, 0.717) is 0 Å². The Labute approximate surface area is 95.3 Å². The Balaban J connectivity index is 2.17. The molecule has 1 aliphatic carbocycles. The fourth-order valence-corrected chi connectivity index (χ4v) is 2.24. The second-order valence-corrected chi connectivity index (χ2v) is 4.11. The van der Waals surface area contributed by atoms with Crippen LogP contribution in [0.3, 0.4) is 0 Å². The zero-order valence-corrected chi connectivity index (χ0v) is 9.06. The molecule has 80 valence electrons. The normalized spacial score (nSPS) is 18.2. The molecular formula is C14H14N2. The molecule has 1 heterocycles. The Morgan fingerprint density at radius 3 is 2.88 bits per heavy atom. The molecule has 0 aromatic heterocycles. The zero-order chi connectivity index (χ0) is 11.0. The lowest BCUT2D eigenvalue weighted by molar-refractivity contribution is 0.919. The minimum absolute atomic E-state index is 1.07. The maximum absolute atomic E-state index is 6.19. The van der Waals surface area contributed by atoms with Crippen LogP contribution in [0.1, 0.15) is 18.4 Å². The maximum atomic E-state index is 6.19. The predicted octanol–water partition coefficient (Wildman–Crippen LogP) is 3.00. The van der Waals surface area contributed by atoms with Gasteiger partial charge < -0.3 is 0 Å². The molecule has 0 atom stereocenters. The van der Waals surface area contributed by atoms with Crippen molar-refractivity contribution in [1.82, 2.24) is 0 Å². The van der Waals surface area contributed by atoms with Crippen LogP contribution in [0.4, 0.5) is 5.69 Å². The van der Waals surface area contributed by atoms with Crippen LogP contribution in [0.5, 0.6) is 0 Å². The van der Waals surface area contributed by atoms with E-state index in [1.165, 1.54) is 11.1 Å². The molecule has 2 heteroatoms. The van der Waals surface area contributed by atoms with Gasteiger partial charge in [-0.2, -0.15) is 0 Å². The first-order valence-electron chi connectivity index (χ1n) is 5.58. The van der Waals surface area contributed by atoms with Crippen molar-refractivity contribution in [2.45, 2.75) is 12.8 Å². The number of hydrogen-bond acceptors (Lipinski definition) is 2. The van der Waals surface area contributed by atoms with Crippen LogP contribution in [-0.4, -0.2) is 0 Å². The number of fused-ring (bicyclic) bond motifs is 1. The average molecular weight is 210 g/mol. The summed E-state index contributed by atoms with van der Waals surface area (Å²) in [5.41, 5.74) is 4.68. The molecule has 2 nitrogen and oxygen atoms in total. The van der Waals surface area contributed by atoms with Crippen molar-refractivity contribution >= 4 is 11.8 Å². The Morgan fingerprint density at radius 1 is 1.06 bits per heavy atom. The minimum Gasteiger partial charge on any atom is -0.279 e. The molecule has 0 fully saturated rings. The second kappa shape index (κ2) is 3.65. The van der Waals surface area contributed by atoms with E-state index < -0.39 is 0 Å². The van der Waals surface area contributed by atoms with Gasteiger partial charge in [-0.05, 0) is 36.1 Å². The molecule has 1 aliphatic heterocycles. The lowest BCUT2D eigenvalue weighted by atomic mass is 10.0. The number of nitrogens with zero attached hydrogens (tertiary/aromatic N) is 1. The topological polar surface area (TPSA) is 29.3 Å². The van der Waals surface area contributed by atoms with Crippen molar-refractivity contribution in [3.8, 4) is 0 Å². The van der Waals surface area contributed by atoms with E-state index in [1.54, 1.807) is 5.01 Å². The van der Waals surface area contributed by atoms with Crippen molar-refractivity contribution in [2.24, 2.45) is 5.84 Å². The lowest BCUT2D eigenvalue weighted by Crippen LogP contribution is -2.30. The summed E-state index contributed by atoms with van der Waals surface area (Å²) in [6.45, 7) is 0. The molecule has 0 amide bonds. The molecule has 0 bridgehead atoms. The van der Waals surface area contributed by atoms with Gasteiger partial charge in [-0.25, -0.2) is 5.84 Å². The van der Waals surface area contributed by atoms with Gasteiger partial charge in [-0.1, -0.05) is 36.4 Å². The lowest BCUT2D eigenvalue weighted by Gasteiger charge is -2.23. The Kier molecular flexibility index (Phi) is 2.15. The standard InChI is InChI=1S/C14H14N2/c15-16-13-7-3-1-5-11(13)9-10-12-6-2-4-8-14(12)16/h1,3-5,7-10H,2,6,15H2. The first-order valence-corrected chi connectivity index (χ1v) is 5.58. The SMILES string of the molecule is NN1C2=C(C=Cc3ccccc31)CCC=C2. The Bertz CT molecular complexity index is 509. The van der Waals surface area contributed by atoms with Gasteiger partial charge in [0.1, 0.15) is 0 Å². The van der Waals surface area contributed by atoms with E-state index in [1.807, 2.05) is 12.1 Å². The van der Waals surface area contributed by atoms with Gasteiger partial charge in [0.25, 0.3) is 0 Å². The molecule has 2 N–H and O–H groups in total. The van der Waals surface area contributed by atoms with Crippen LogP contribution in [0, 0.1) is 0 Å². The van der Waals surface area contributed by atoms with E-state index in [9.17, 15) is 0 Å². The van der Waals surface area contributed by atoms with E-state index in [4.69, 9.17) is 5.84 Å². The average Bonchev–Trinajstić information content (AvgIpc) is 2.49. The summed E-state index contributed by atoms with van der Waals surface area (Å²) in [6.07, 6.45) is 10.8. The van der Waals surface area contributed by atoms with Crippen molar-refractivity contribution in [3.05, 3.63) is 59.3 Å². The quantitative estimate of drug-likeness (QED) is 0.667. The highest BCUT2D eigenvalue weighted by atomic mass is 15.4. The smallest absolute Gasteiger partial charge is 0.0647 e. The molecule has 0 radical (unpaired) electrons. The molecule has 0 saturated carbocycles. The summed E-state index contributed by atoms with van der Waals surface area (Å²) in [4.78, 5) is 0. The summed E-state index contributed by atoms with van der Waals surface area (Å²) in [6, 6.07) is 8.20. The molecule has 0 unspecified atom stereocenters. The number of rotatable bonds is 0. The number of allylic oxidation sites excluding steroid dienone is 4. The molecule has 16 heavy (non-hydrogen) atoms. The van der Waals surface area contributed by atoms with Gasteiger partial charge in [-0.15, -0.1) is 0 Å². The van der Waals surface area contributed by atoms with Crippen molar-refractivity contribution < 1.29 is 0 Å². The minimum atomic E-state index is 1.07. The largest absolute Gasteiger partial charge is 0.279 e. The van der Waals surface area contributed by atoms with Crippen molar-refractivity contribution in [2.75, 3.05) is 5.01 Å². The van der Waals surface area contributed by atoms with Gasteiger partial charge in [-0.3, -0.25) is 5.01 Å². The van der Waals surface area contributed by atoms with Crippen LogP contribution in [-0.2, 0) is 0 Å². The number of para-hydroxylation sites is 1. The summed E-state index contributed by atoms with van der Waals surface area (Å²) in [7, 11) is 0. The first-order chi connectivity index (χ1) is 7.86. The molecular weight excluding hydrogens is 196 g/mol. The molecule has 0 saturated heterocycles. The summed E-state index contributed by atoms with van der Waals surface area (Å²) in [5, 5.41) is 1.79. The highest BCUT2D eigenvalue weighted by molar-refractivity contribution is 5.74. The summed E-state index contributed by atoms with van der Waals surface area (Å²) >= 11 is 0. The fraction of sp³-hybridized carbons (Fsp3) is 0.143. The van der Waals surface area contributed by atoms with Crippen LogP contribution < -0.4 is 10.9 Å². The Hall–Kier alpha value is -1.80. The first kappa shape index (κ1) is 9.43. The van der Waals surface area contributed by atoms with Crippen LogP contribution in [0.2, 0.25) is 0 Å². The zero-order valence-electron chi connectivity index (χ0n) is 9.06. The third-order valence-corrected chi connectivity index (χ3v) is 3.10. The van der Waals surface area contributed by atoms with E-state index in [0.717, 1.165) is 24.2 Å². The number of hydrogen-bond donors (Lipinski definition) is 1. The highest BCUT2D eigenvalue weighted by Gasteiger charge is 2.16. The number of anilines is 1. The summed E-state index contributed by atoms with van der Waals surface area (Å²) in [5.74, 6) is 6.19. The van der Waals surface area contributed by atoms with E-state index in [2.05, 4.69) is 36.4 Å². The number of benzene rings is 1. The van der Waals surface area contributed by atoms with Gasteiger partial charge in [0.05, 0.1) is 11.4 Å². The third kappa shape index (κ3) is 1.39. The monoisotopic (exact) mass is 210 g/mol. The van der Waals surface area contributed by atoms with Crippen LogP contribution in [0.15, 0.2) is 53.8 Å². The second-order valence-electron chi connectivity index (χ2n) is 4.11. The van der Waals surface area contributed by atoms with Gasteiger partial charge >= 0.3 is 0 Å². The predicted molar refractivity (Wildman–Crippen MR) is 67.5 cm³/mol. The van der Waals surface area contributed by atoms with E-state index >= 15 is 0 Å². The van der Waals surface area contributed by atoms with Gasteiger partial charge in [0.15, 0.2) is 0 Å². The maximum Gasteiger partial charge on any atom is 0.0647 e. The Morgan fingerprint density at radius 2 is 1.94 bits per heavy atom. The third-order valence-electron chi connectivity index (χ3n) is 3.10. The van der Waals surface area contributed by atoms with Gasteiger partial charge in [0, 0.05) is 0 Å². The van der Waals surface area contributed by atoms with Crippen molar-refractivity contribution in [1.29, 1.82) is 0 Å². The van der Waals surface area contributed by atoms with Gasteiger partial charge in [0.2, 0.25) is 0 Å². The van der Waals surface area contributed by atoms with E-state index in [-0.39, 0.29) is 0 Å². The van der Waals surface area contributed by atoms with Crippen LogP contribution >= 0.6 is 0 Å². The molecule has 3 rings (SSSR count). The number of nitrogens with two attached hydrogens (primary N) is 1. The number of hydrazine groups is 1. The molecule has 1 aromatic carbocycles. The van der Waals surface area contributed by atoms with Crippen LogP contribution in [0.25, 0.3) is 6.08 Å². The molecule has 1 aromatic rings. The molecule has 0 spiro atoms. The highest BCUT2D eigenvalue weighted by Crippen LogP contribution is 2.31. The summed E-state index contributed by atoms with van der Waals surface area (Å²) < 4.78 is 0. The van der Waals surface area contributed by atoms with Crippen molar-refractivity contribution in [3.63, 3.8) is 0 Å².